The first-order chi connectivity index (χ1) is 17.4. The predicted octanol–water partition coefficient (Wildman–Crippen LogP) is 5.77. The number of aryl methyl sites for hydroxylation is 1. The van der Waals surface area contributed by atoms with Gasteiger partial charge in [0, 0.05) is 13.5 Å². The Bertz CT molecular complexity index is 1600. The van der Waals surface area contributed by atoms with Crippen LogP contribution in [0.15, 0.2) is 102 Å². The maximum absolute atomic E-state index is 12.8. The minimum atomic E-state index is -3.74. The van der Waals surface area contributed by atoms with Crippen molar-refractivity contribution in [3.05, 3.63) is 108 Å². The van der Waals surface area contributed by atoms with Gasteiger partial charge in [0.2, 0.25) is 0 Å². The summed E-state index contributed by atoms with van der Waals surface area (Å²) in [5, 5.41) is 0. The lowest BCUT2D eigenvalue weighted by Crippen LogP contribution is -2.12. The fraction of sp³-hybridized carbons (Fsp3) is 0.107. The van der Waals surface area contributed by atoms with Gasteiger partial charge in [0.25, 0.3) is 10.0 Å². The number of sulfonamides is 1. The number of imidazole rings is 1. The molecule has 7 nitrogen and oxygen atoms in total. The van der Waals surface area contributed by atoms with Crippen LogP contribution in [0, 0.1) is 0 Å². The van der Waals surface area contributed by atoms with Gasteiger partial charge in [-0.3, -0.25) is 4.72 Å². The molecule has 1 N–H and O–H groups in total. The number of rotatable bonds is 8. The normalized spacial score (nSPS) is 11.4. The Hall–Kier alpha value is -4.30. The van der Waals surface area contributed by atoms with Crippen LogP contribution in [0.4, 0.5) is 5.69 Å². The van der Waals surface area contributed by atoms with Gasteiger partial charge in [-0.05, 0) is 72.3 Å². The second-order valence-electron chi connectivity index (χ2n) is 8.31. The van der Waals surface area contributed by atoms with Gasteiger partial charge in [0.15, 0.2) is 0 Å². The number of ether oxygens (including phenoxy) is 2. The number of anilines is 1. The molecule has 0 saturated heterocycles. The second kappa shape index (κ2) is 9.75. The van der Waals surface area contributed by atoms with Crippen LogP contribution < -0.4 is 14.2 Å². The predicted molar refractivity (Wildman–Crippen MR) is 140 cm³/mol. The van der Waals surface area contributed by atoms with E-state index in [1.807, 2.05) is 72.3 Å². The standard InChI is InChI=1S/C28H25N3O4S/c1-31-27-17-10-21(30-36(32,33)25-15-13-22(34-2)14-16-25)19-26(27)29-28(31)18-20-8-11-24(12-9-20)35-23-6-4-3-5-7-23/h3-17,19,30H,18H2,1-2H3. The summed E-state index contributed by atoms with van der Waals surface area (Å²) in [6, 6.07) is 29.2. The molecule has 0 atom stereocenters. The molecule has 36 heavy (non-hydrogen) atoms. The summed E-state index contributed by atoms with van der Waals surface area (Å²) >= 11 is 0. The van der Waals surface area contributed by atoms with Crippen molar-refractivity contribution in [1.82, 2.24) is 9.55 Å². The smallest absolute Gasteiger partial charge is 0.261 e. The molecule has 5 rings (SSSR count). The highest BCUT2D eigenvalue weighted by atomic mass is 32.2. The molecule has 0 aliphatic carbocycles. The van der Waals surface area contributed by atoms with Gasteiger partial charge in [-0.15, -0.1) is 0 Å². The quantitative estimate of drug-likeness (QED) is 0.293. The SMILES string of the molecule is COc1ccc(S(=O)(=O)Nc2ccc3c(c2)nc(Cc2ccc(Oc4ccccc4)cc2)n3C)cc1. The molecule has 0 fully saturated rings. The lowest BCUT2D eigenvalue weighted by Gasteiger charge is -2.09. The van der Waals surface area contributed by atoms with Gasteiger partial charge in [0.05, 0.1) is 28.7 Å². The summed E-state index contributed by atoms with van der Waals surface area (Å²) in [4.78, 5) is 4.92. The zero-order chi connectivity index (χ0) is 25.1. The molecule has 1 aromatic heterocycles. The van der Waals surface area contributed by atoms with E-state index in [-0.39, 0.29) is 4.90 Å². The average Bonchev–Trinajstić information content (AvgIpc) is 3.19. The summed E-state index contributed by atoms with van der Waals surface area (Å²) in [5.41, 5.74) is 3.17. The van der Waals surface area contributed by atoms with E-state index in [1.54, 1.807) is 24.3 Å². The van der Waals surface area contributed by atoms with Crippen LogP contribution in [0.3, 0.4) is 0 Å². The van der Waals surface area contributed by atoms with Crippen LogP contribution in [-0.4, -0.2) is 25.1 Å². The van der Waals surface area contributed by atoms with Crippen molar-refractivity contribution < 1.29 is 17.9 Å². The molecule has 0 radical (unpaired) electrons. The zero-order valence-corrected chi connectivity index (χ0v) is 20.7. The van der Waals surface area contributed by atoms with Crippen LogP contribution >= 0.6 is 0 Å². The van der Waals surface area contributed by atoms with Crippen LogP contribution in [0.5, 0.6) is 17.2 Å². The minimum absolute atomic E-state index is 0.157. The third-order valence-electron chi connectivity index (χ3n) is 5.86. The lowest BCUT2D eigenvalue weighted by molar-refractivity contribution is 0.414. The Morgan fingerprint density at radius 1 is 0.833 bits per heavy atom. The summed E-state index contributed by atoms with van der Waals surface area (Å²) in [5.74, 6) is 3.02. The lowest BCUT2D eigenvalue weighted by atomic mass is 10.1. The zero-order valence-electron chi connectivity index (χ0n) is 19.9. The van der Waals surface area contributed by atoms with Crippen molar-refractivity contribution in [3.8, 4) is 17.2 Å². The van der Waals surface area contributed by atoms with Crippen LogP contribution in [0.2, 0.25) is 0 Å². The molecule has 0 aliphatic heterocycles. The average molecular weight is 500 g/mol. The summed E-state index contributed by atoms with van der Waals surface area (Å²) in [7, 11) is -0.245. The van der Waals surface area contributed by atoms with Crippen molar-refractivity contribution in [1.29, 1.82) is 0 Å². The van der Waals surface area contributed by atoms with Crippen LogP contribution in [-0.2, 0) is 23.5 Å². The van der Waals surface area contributed by atoms with Crippen molar-refractivity contribution >= 4 is 26.7 Å². The summed E-state index contributed by atoms with van der Waals surface area (Å²) in [6.45, 7) is 0. The van der Waals surface area contributed by atoms with E-state index >= 15 is 0 Å². The number of nitrogens with zero attached hydrogens (tertiary/aromatic N) is 2. The molecule has 0 aliphatic rings. The van der Waals surface area contributed by atoms with Crippen LogP contribution in [0.1, 0.15) is 11.4 Å². The van der Waals surface area contributed by atoms with E-state index in [0.717, 1.165) is 28.4 Å². The van der Waals surface area contributed by atoms with Crippen molar-refractivity contribution in [2.24, 2.45) is 7.05 Å². The van der Waals surface area contributed by atoms with E-state index in [9.17, 15) is 8.42 Å². The third kappa shape index (κ3) is 5.04. The number of para-hydroxylation sites is 1. The Balaban J connectivity index is 1.32. The van der Waals surface area contributed by atoms with E-state index in [1.165, 1.54) is 19.2 Å². The Labute approximate surface area is 210 Å². The van der Waals surface area contributed by atoms with Crippen molar-refractivity contribution in [2.75, 3.05) is 11.8 Å². The number of nitrogens with one attached hydrogen (secondary N) is 1. The van der Waals surface area contributed by atoms with E-state index < -0.39 is 10.0 Å². The number of aromatic nitrogens is 2. The monoisotopic (exact) mass is 499 g/mol. The third-order valence-corrected chi connectivity index (χ3v) is 7.26. The molecule has 0 saturated carbocycles. The molecule has 5 aromatic rings. The Morgan fingerprint density at radius 3 is 2.19 bits per heavy atom. The summed E-state index contributed by atoms with van der Waals surface area (Å²) in [6.07, 6.45) is 0.629. The second-order valence-corrected chi connectivity index (χ2v) is 9.99. The van der Waals surface area contributed by atoms with Gasteiger partial charge in [-0.1, -0.05) is 30.3 Å². The molecule has 8 heteroatoms. The highest BCUT2D eigenvalue weighted by Crippen LogP contribution is 2.25. The topological polar surface area (TPSA) is 82.5 Å². The van der Waals surface area contributed by atoms with Gasteiger partial charge in [-0.25, -0.2) is 13.4 Å². The molecular weight excluding hydrogens is 474 g/mol. The van der Waals surface area contributed by atoms with Crippen molar-refractivity contribution in [2.45, 2.75) is 11.3 Å². The maximum atomic E-state index is 12.8. The summed E-state index contributed by atoms with van der Waals surface area (Å²) < 4.78 is 41.2. The number of methoxy groups -OCH3 is 1. The van der Waals surface area contributed by atoms with Gasteiger partial charge >= 0.3 is 0 Å². The van der Waals surface area contributed by atoms with E-state index in [4.69, 9.17) is 14.5 Å². The largest absolute Gasteiger partial charge is 0.497 e. The molecular formula is C28H25N3O4S. The maximum Gasteiger partial charge on any atom is 0.261 e. The molecule has 0 spiro atoms. The van der Waals surface area contributed by atoms with E-state index in [0.29, 0.717) is 23.4 Å². The Kier molecular flexibility index (Phi) is 6.35. The number of hydrogen-bond donors (Lipinski definition) is 1. The van der Waals surface area contributed by atoms with Gasteiger partial charge in [-0.2, -0.15) is 0 Å². The minimum Gasteiger partial charge on any atom is -0.497 e. The fourth-order valence-electron chi connectivity index (χ4n) is 3.92. The molecule has 1 heterocycles. The van der Waals surface area contributed by atoms with Crippen LogP contribution in [0.25, 0.3) is 11.0 Å². The first-order valence-electron chi connectivity index (χ1n) is 11.4. The number of benzene rings is 4. The highest BCUT2D eigenvalue weighted by molar-refractivity contribution is 7.92. The molecule has 0 bridgehead atoms. The Morgan fingerprint density at radius 2 is 1.50 bits per heavy atom. The number of hydrogen-bond acceptors (Lipinski definition) is 5. The van der Waals surface area contributed by atoms with E-state index in [2.05, 4.69) is 4.72 Å². The van der Waals surface area contributed by atoms with Gasteiger partial charge in [0.1, 0.15) is 23.1 Å². The molecule has 0 unspecified atom stereocenters. The molecule has 182 valence electrons. The number of fused-ring (bicyclic) bond motifs is 1. The molecule has 4 aromatic carbocycles. The first kappa shape index (κ1) is 23.4. The first-order valence-corrected chi connectivity index (χ1v) is 12.8. The highest BCUT2D eigenvalue weighted by Gasteiger charge is 2.16. The van der Waals surface area contributed by atoms with Gasteiger partial charge < -0.3 is 14.0 Å². The fourth-order valence-corrected chi connectivity index (χ4v) is 4.97. The molecule has 0 amide bonds. The van der Waals surface area contributed by atoms with Crippen molar-refractivity contribution in [3.63, 3.8) is 0 Å².